The van der Waals surface area contributed by atoms with E-state index in [9.17, 15) is 5.11 Å². The predicted octanol–water partition coefficient (Wildman–Crippen LogP) is 2.01. The minimum atomic E-state index is -1.13. The van der Waals surface area contributed by atoms with Crippen molar-refractivity contribution in [3.05, 3.63) is 18.6 Å². The van der Waals surface area contributed by atoms with E-state index in [0.717, 1.165) is 12.6 Å². The molecule has 1 unspecified atom stereocenters. The predicted molar refractivity (Wildman–Crippen MR) is 96.4 cm³/mol. The van der Waals surface area contributed by atoms with Crippen molar-refractivity contribution >= 4 is 30.0 Å². The average molecular weight is 336 g/mol. The standard InChI is InChI=1S/C16H25N4O2P/c1-10-14(21)12(6-8-23(2,3)4)22-16(10)20-9-19-13-11(17)5-7-18-15(13)20/h5,7,9-10,12,14,16,21H,2,6,8H2,1,3-4H3,(H2,17,18)/t10-,12-,14+,16?/m1/s1. The van der Waals surface area contributed by atoms with Crippen LogP contribution < -0.4 is 5.73 Å². The van der Waals surface area contributed by atoms with Crippen LogP contribution in [0.5, 0.6) is 0 Å². The van der Waals surface area contributed by atoms with Gasteiger partial charge < -0.3 is 15.6 Å². The number of pyridine rings is 1. The average Bonchev–Trinajstić information content (AvgIpc) is 3.01. The normalized spacial score (nSPS) is 28.5. The highest BCUT2D eigenvalue weighted by molar-refractivity contribution is 7.72. The molecule has 1 aliphatic heterocycles. The molecule has 0 aromatic carbocycles. The van der Waals surface area contributed by atoms with Gasteiger partial charge in [-0.3, -0.25) is 4.57 Å². The van der Waals surface area contributed by atoms with Gasteiger partial charge in [0.2, 0.25) is 0 Å². The summed E-state index contributed by atoms with van der Waals surface area (Å²) in [7, 11) is 0. The molecule has 3 rings (SSSR count). The van der Waals surface area contributed by atoms with E-state index in [4.69, 9.17) is 10.5 Å². The molecular formula is C16H25N4O2P. The highest BCUT2D eigenvalue weighted by atomic mass is 31.2. The van der Waals surface area contributed by atoms with Crippen LogP contribution in [0.1, 0.15) is 19.6 Å². The monoisotopic (exact) mass is 336 g/mol. The molecule has 126 valence electrons. The van der Waals surface area contributed by atoms with E-state index in [2.05, 4.69) is 29.6 Å². The lowest BCUT2D eigenvalue weighted by Crippen LogP contribution is -2.26. The van der Waals surface area contributed by atoms with Crippen molar-refractivity contribution in [3.63, 3.8) is 0 Å². The van der Waals surface area contributed by atoms with Crippen LogP contribution in [0.3, 0.4) is 0 Å². The summed E-state index contributed by atoms with van der Waals surface area (Å²) in [5.41, 5.74) is 7.91. The van der Waals surface area contributed by atoms with Gasteiger partial charge in [-0.05, 0) is 32.0 Å². The number of aromatic nitrogens is 3. The molecular weight excluding hydrogens is 311 g/mol. The molecule has 7 heteroatoms. The highest BCUT2D eigenvalue weighted by Gasteiger charge is 2.42. The Morgan fingerprint density at radius 2 is 2.17 bits per heavy atom. The maximum Gasteiger partial charge on any atom is 0.164 e. The van der Waals surface area contributed by atoms with E-state index in [0.29, 0.717) is 16.9 Å². The Morgan fingerprint density at radius 3 is 2.87 bits per heavy atom. The second-order valence-electron chi connectivity index (χ2n) is 7.09. The van der Waals surface area contributed by atoms with Crippen LogP contribution in [-0.4, -0.2) is 57.6 Å². The lowest BCUT2D eigenvalue weighted by Gasteiger charge is -2.19. The first kappa shape index (κ1) is 16.5. The summed E-state index contributed by atoms with van der Waals surface area (Å²) in [4.78, 5) is 8.71. The summed E-state index contributed by atoms with van der Waals surface area (Å²) < 4.78 is 8.03. The lowest BCUT2D eigenvalue weighted by molar-refractivity contribution is -0.0206. The van der Waals surface area contributed by atoms with Crippen molar-refractivity contribution in [1.29, 1.82) is 0 Å². The number of hydrogen-bond acceptors (Lipinski definition) is 5. The molecule has 2 aromatic heterocycles. The molecule has 0 spiro atoms. The van der Waals surface area contributed by atoms with Gasteiger partial charge in [0.25, 0.3) is 0 Å². The minimum absolute atomic E-state index is 0.0353. The summed E-state index contributed by atoms with van der Waals surface area (Å²) in [6.45, 7) is 5.27. The molecule has 0 radical (unpaired) electrons. The fourth-order valence-corrected chi connectivity index (χ4v) is 4.02. The van der Waals surface area contributed by atoms with Crippen molar-refractivity contribution in [2.75, 3.05) is 25.2 Å². The number of nitrogens with two attached hydrogens (primary N) is 1. The maximum atomic E-state index is 10.5. The molecule has 0 saturated carbocycles. The van der Waals surface area contributed by atoms with Gasteiger partial charge in [-0.1, -0.05) is 6.92 Å². The molecule has 4 atom stereocenters. The molecule has 6 nitrogen and oxygen atoms in total. The van der Waals surface area contributed by atoms with Gasteiger partial charge in [0.05, 0.1) is 24.2 Å². The molecule has 3 heterocycles. The Labute approximate surface area is 136 Å². The number of ether oxygens (including phenoxy) is 1. The molecule has 1 aliphatic rings. The van der Waals surface area contributed by atoms with Gasteiger partial charge in [0, 0.05) is 12.1 Å². The number of aliphatic hydroxyl groups excluding tert-OH is 1. The largest absolute Gasteiger partial charge is 0.397 e. The quantitative estimate of drug-likeness (QED) is 0.834. The molecule has 2 aromatic rings. The molecule has 3 N–H and O–H groups in total. The molecule has 0 amide bonds. The molecule has 23 heavy (non-hydrogen) atoms. The summed E-state index contributed by atoms with van der Waals surface area (Å²) in [6.07, 6.45) is 8.48. The van der Waals surface area contributed by atoms with Gasteiger partial charge in [-0.2, -0.15) is 0 Å². The van der Waals surface area contributed by atoms with Gasteiger partial charge in [0.1, 0.15) is 11.7 Å². The summed E-state index contributed by atoms with van der Waals surface area (Å²) >= 11 is 0. The first-order valence-electron chi connectivity index (χ1n) is 7.86. The number of imidazole rings is 1. The van der Waals surface area contributed by atoms with Crippen LogP contribution in [0.4, 0.5) is 5.69 Å². The molecule has 0 bridgehead atoms. The van der Waals surface area contributed by atoms with E-state index < -0.39 is 13.0 Å². The SMILES string of the molecule is C=P(C)(C)CC[C@H]1OC(n2cnc3c(N)ccnc32)[C@H](C)[C@@H]1O. The van der Waals surface area contributed by atoms with Crippen molar-refractivity contribution in [2.24, 2.45) is 5.92 Å². The Hall–Kier alpha value is -1.36. The van der Waals surface area contributed by atoms with E-state index >= 15 is 0 Å². The Morgan fingerprint density at radius 1 is 1.43 bits per heavy atom. The van der Waals surface area contributed by atoms with Gasteiger partial charge >= 0.3 is 0 Å². The van der Waals surface area contributed by atoms with E-state index in [1.165, 1.54) is 0 Å². The number of rotatable bonds is 4. The third-order valence-electron chi connectivity index (χ3n) is 4.47. The Bertz CT molecular complexity index is 754. The fraction of sp³-hybridized carbons (Fsp3) is 0.562. The summed E-state index contributed by atoms with van der Waals surface area (Å²) in [6, 6.07) is 1.73. The van der Waals surface area contributed by atoms with Gasteiger partial charge in [-0.25, -0.2) is 9.97 Å². The molecule has 0 aliphatic carbocycles. The summed E-state index contributed by atoms with van der Waals surface area (Å²) in [5.74, 6) is -0.0353. The van der Waals surface area contributed by atoms with E-state index in [-0.39, 0.29) is 18.2 Å². The lowest BCUT2D eigenvalue weighted by atomic mass is 10.0. The Balaban J connectivity index is 1.85. The number of anilines is 1. The van der Waals surface area contributed by atoms with Gasteiger partial charge in [0.15, 0.2) is 5.65 Å². The smallest absolute Gasteiger partial charge is 0.164 e. The van der Waals surface area contributed by atoms with Crippen molar-refractivity contribution in [3.8, 4) is 0 Å². The third-order valence-corrected chi connectivity index (χ3v) is 5.94. The number of aliphatic hydroxyl groups is 1. The van der Waals surface area contributed by atoms with Crippen LogP contribution in [0.25, 0.3) is 11.2 Å². The molecule has 1 fully saturated rings. The Kier molecular flexibility index (Phi) is 4.25. The minimum Gasteiger partial charge on any atom is -0.397 e. The topological polar surface area (TPSA) is 86.2 Å². The highest BCUT2D eigenvalue weighted by Crippen LogP contribution is 2.41. The van der Waals surface area contributed by atoms with Crippen LogP contribution >= 0.6 is 6.89 Å². The fourth-order valence-electron chi connectivity index (χ4n) is 3.06. The van der Waals surface area contributed by atoms with E-state index in [1.54, 1.807) is 18.6 Å². The second kappa shape index (κ2) is 5.93. The second-order valence-corrected chi connectivity index (χ2v) is 11.4. The van der Waals surface area contributed by atoms with Crippen LogP contribution in [0, 0.1) is 5.92 Å². The summed E-state index contributed by atoms with van der Waals surface area (Å²) in [5, 5.41) is 10.5. The van der Waals surface area contributed by atoms with Crippen molar-refractivity contribution < 1.29 is 9.84 Å². The van der Waals surface area contributed by atoms with Crippen LogP contribution in [0.15, 0.2) is 18.6 Å². The van der Waals surface area contributed by atoms with Gasteiger partial charge in [-0.15, -0.1) is 13.2 Å². The third kappa shape index (κ3) is 3.16. The number of nitrogen functional groups attached to an aromatic ring is 1. The number of fused-ring (bicyclic) bond motifs is 1. The van der Waals surface area contributed by atoms with E-state index in [1.807, 2.05) is 11.5 Å². The first-order valence-corrected chi connectivity index (χ1v) is 10.9. The first-order chi connectivity index (χ1) is 10.8. The van der Waals surface area contributed by atoms with Crippen molar-refractivity contribution in [1.82, 2.24) is 14.5 Å². The zero-order valence-electron chi connectivity index (χ0n) is 13.9. The maximum absolute atomic E-state index is 10.5. The van der Waals surface area contributed by atoms with Crippen LogP contribution in [-0.2, 0) is 4.74 Å². The molecule has 1 saturated heterocycles. The zero-order chi connectivity index (χ0) is 16.8. The van der Waals surface area contributed by atoms with Crippen LogP contribution in [0.2, 0.25) is 0 Å². The van der Waals surface area contributed by atoms with Crippen molar-refractivity contribution in [2.45, 2.75) is 31.8 Å². The number of nitrogens with zero attached hydrogens (tertiary/aromatic N) is 3. The number of hydrogen-bond donors (Lipinski definition) is 2. The zero-order valence-corrected chi connectivity index (χ0v) is 14.8.